The number of rotatable bonds is 2. The molecule has 2 rings (SSSR count). The first-order valence-corrected chi connectivity index (χ1v) is 6.22. The van der Waals surface area contributed by atoms with Gasteiger partial charge in [0.1, 0.15) is 5.78 Å². The summed E-state index contributed by atoms with van der Waals surface area (Å²) in [5.41, 5.74) is 1.53. The SMILES string of the molecule is CC(=O)C1C(c2ccccc2)=CC(=O)CC1(C)C. The second-order valence-corrected chi connectivity index (χ2v) is 5.64. The number of allylic oxidation sites excluding steroid dienone is 2. The third kappa shape index (κ3) is 2.28. The molecule has 0 spiro atoms. The Hall–Kier alpha value is -1.70. The summed E-state index contributed by atoms with van der Waals surface area (Å²) in [6.45, 7) is 5.60. The Morgan fingerprint density at radius 1 is 1.22 bits per heavy atom. The Morgan fingerprint density at radius 2 is 1.83 bits per heavy atom. The van der Waals surface area contributed by atoms with Crippen LogP contribution in [0.3, 0.4) is 0 Å². The van der Waals surface area contributed by atoms with Crippen LogP contribution in [0, 0.1) is 11.3 Å². The van der Waals surface area contributed by atoms with Crippen molar-refractivity contribution in [3.05, 3.63) is 42.0 Å². The van der Waals surface area contributed by atoms with Crippen LogP contribution in [0.15, 0.2) is 36.4 Å². The van der Waals surface area contributed by atoms with E-state index in [-0.39, 0.29) is 22.9 Å². The molecule has 2 nitrogen and oxygen atoms in total. The lowest BCUT2D eigenvalue weighted by molar-refractivity contribution is -0.124. The summed E-state index contributed by atoms with van der Waals surface area (Å²) in [6.07, 6.45) is 2.08. The number of carbonyl (C=O) groups excluding carboxylic acids is 2. The number of hydrogen-bond donors (Lipinski definition) is 0. The van der Waals surface area contributed by atoms with Gasteiger partial charge >= 0.3 is 0 Å². The minimum Gasteiger partial charge on any atom is -0.299 e. The van der Waals surface area contributed by atoms with E-state index in [0.717, 1.165) is 11.1 Å². The summed E-state index contributed by atoms with van der Waals surface area (Å²) in [5, 5.41) is 0. The summed E-state index contributed by atoms with van der Waals surface area (Å²) >= 11 is 0. The Kier molecular flexibility index (Phi) is 3.20. The van der Waals surface area contributed by atoms with E-state index in [9.17, 15) is 9.59 Å². The van der Waals surface area contributed by atoms with Crippen molar-refractivity contribution in [2.24, 2.45) is 11.3 Å². The van der Waals surface area contributed by atoms with Gasteiger partial charge in [-0.2, -0.15) is 0 Å². The maximum atomic E-state index is 12.0. The van der Waals surface area contributed by atoms with Crippen molar-refractivity contribution < 1.29 is 9.59 Å². The highest BCUT2D eigenvalue weighted by Gasteiger charge is 2.40. The van der Waals surface area contributed by atoms with E-state index in [1.165, 1.54) is 0 Å². The minimum absolute atomic E-state index is 0.108. The molecule has 18 heavy (non-hydrogen) atoms. The number of Topliss-reactive ketones (excluding diaryl/α,β-unsaturated/α-hetero) is 1. The van der Waals surface area contributed by atoms with Crippen LogP contribution in [0.25, 0.3) is 5.57 Å². The summed E-state index contributed by atoms with van der Waals surface area (Å²) in [6, 6.07) is 9.70. The lowest BCUT2D eigenvalue weighted by atomic mass is 9.65. The molecule has 0 aliphatic heterocycles. The van der Waals surface area contributed by atoms with Gasteiger partial charge in [0.25, 0.3) is 0 Å². The molecule has 0 N–H and O–H groups in total. The molecule has 0 heterocycles. The molecule has 1 aromatic carbocycles. The van der Waals surface area contributed by atoms with Gasteiger partial charge in [-0.3, -0.25) is 9.59 Å². The molecule has 1 atom stereocenters. The standard InChI is InChI=1S/C16H18O2/c1-11(17)15-14(12-7-5-4-6-8-12)9-13(18)10-16(15,2)3/h4-9,15H,10H2,1-3H3. The van der Waals surface area contributed by atoms with Crippen LogP contribution in [0.4, 0.5) is 0 Å². The van der Waals surface area contributed by atoms with Crippen LogP contribution in [0.1, 0.15) is 32.8 Å². The fourth-order valence-corrected chi connectivity index (χ4v) is 2.93. The molecule has 0 saturated carbocycles. The van der Waals surface area contributed by atoms with Crippen molar-refractivity contribution in [2.75, 3.05) is 0 Å². The van der Waals surface area contributed by atoms with Crippen LogP contribution in [0.5, 0.6) is 0 Å². The quantitative estimate of drug-likeness (QED) is 0.797. The lowest BCUT2D eigenvalue weighted by Crippen LogP contribution is -2.36. The molecule has 94 valence electrons. The summed E-state index contributed by atoms with van der Waals surface area (Å²) in [4.78, 5) is 23.8. The third-order valence-corrected chi connectivity index (χ3v) is 3.55. The third-order valence-electron chi connectivity index (χ3n) is 3.55. The van der Waals surface area contributed by atoms with Crippen LogP contribution < -0.4 is 0 Å². The monoisotopic (exact) mass is 242 g/mol. The molecule has 0 bridgehead atoms. The molecule has 0 amide bonds. The second kappa shape index (κ2) is 4.52. The molecule has 1 aliphatic rings. The Balaban J connectivity index is 2.55. The Morgan fingerprint density at radius 3 is 2.39 bits per heavy atom. The number of benzene rings is 1. The summed E-state index contributed by atoms with van der Waals surface area (Å²) < 4.78 is 0. The van der Waals surface area contributed by atoms with Crippen LogP contribution in [0.2, 0.25) is 0 Å². The van der Waals surface area contributed by atoms with Crippen LogP contribution in [-0.4, -0.2) is 11.6 Å². The fraction of sp³-hybridized carbons (Fsp3) is 0.375. The minimum atomic E-state index is -0.303. The maximum Gasteiger partial charge on any atom is 0.156 e. The van der Waals surface area contributed by atoms with Crippen molar-refractivity contribution in [1.29, 1.82) is 0 Å². The first-order valence-electron chi connectivity index (χ1n) is 6.22. The summed E-state index contributed by atoms with van der Waals surface area (Å²) in [7, 11) is 0. The van der Waals surface area contributed by atoms with Crippen molar-refractivity contribution in [3.8, 4) is 0 Å². The zero-order valence-electron chi connectivity index (χ0n) is 11.1. The predicted octanol–water partition coefficient (Wildman–Crippen LogP) is 3.27. The molecule has 0 radical (unpaired) electrons. The normalized spacial score (nSPS) is 22.5. The van der Waals surface area contributed by atoms with Gasteiger partial charge in [0, 0.05) is 12.3 Å². The average molecular weight is 242 g/mol. The first-order chi connectivity index (χ1) is 8.42. The fourth-order valence-electron chi connectivity index (χ4n) is 2.93. The molecule has 1 aromatic rings. The number of carbonyl (C=O) groups is 2. The first kappa shape index (κ1) is 12.7. The van der Waals surface area contributed by atoms with Crippen molar-refractivity contribution >= 4 is 17.1 Å². The topological polar surface area (TPSA) is 34.1 Å². The van der Waals surface area contributed by atoms with Gasteiger partial charge < -0.3 is 0 Å². The van der Waals surface area contributed by atoms with E-state index < -0.39 is 0 Å². The average Bonchev–Trinajstić information content (AvgIpc) is 2.27. The molecule has 0 saturated heterocycles. The number of ketones is 2. The molecule has 0 fully saturated rings. The van der Waals surface area contributed by atoms with Gasteiger partial charge in [0.15, 0.2) is 5.78 Å². The van der Waals surface area contributed by atoms with Crippen molar-refractivity contribution in [2.45, 2.75) is 27.2 Å². The molecule has 2 heteroatoms. The second-order valence-electron chi connectivity index (χ2n) is 5.64. The van der Waals surface area contributed by atoms with Gasteiger partial charge in [-0.05, 0) is 29.6 Å². The summed E-state index contributed by atoms with van der Waals surface area (Å²) in [5.74, 6) is 0.0385. The van der Waals surface area contributed by atoms with Crippen molar-refractivity contribution in [1.82, 2.24) is 0 Å². The van der Waals surface area contributed by atoms with Crippen molar-refractivity contribution in [3.63, 3.8) is 0 Å². The highest BCUT2D eigenvalue weighted by Crippen LogP contribution is 2.44. The highest BCUT2D eigenvalue weighted by atomic mass is 16.1. The van der Waals surface area contributed by atoms with Gasteiger partial charge in [-0.25, -0.2) is 0 Å². The molecular weight excluding hydrogens is 224 g/mol. The Bertz CT molecular complexity index is 509. The smallest absolute Gasteiger partial charge is 0.156 e. The van der Waals surface area contributed by atoms with Crippen LogP contribution in [-0.2, 0) is 9.59 Å². The maximum absolute atomic E-state index is 12.0. The van der Waals surface area contributed by atoms with Crippen LogP contribution >= 0.6 is 0 Å². The van der Waals surface area contributed by atoms with E-state index in [2.05, 4.69) is 0 Å². The molecule has 1 aliphatic carbocycles. The van der Waals surface area contributed by atoms with E-state index in [0.29, 0.717) is 6.42 Å². The van der Waals surface area contributed by atoms with E-state index in [1.54, 1.807) is 13.0 Å². The van der Waals surface area contributed by atoms with E-state index in [4.69, 9.17) is 0 Å². The lowest BCUT2D eigenvalue weighted by Gasteiger charge is -2.37. The Labute approximate surface area is 108 Å². The van der Waals surface area contributed by atoms with Gasteiger partial charge in [-0.15, -0.1) is 0 Å². The van der Waals surface area contributed by atoms with Gasteiger partial charge in [0.05, 0.1) is 0 Å². The zero-order chi connectivity index (χ0) is 13.3. The predicted molar refractivity (Wildman–Crippen MR) is 72.0 cm³/mol. The van der Waals surface area contributed by atoms with Gasteiger partial charge in [-0.1, -0.05) is 44.2 Å². The largest absolute Gasteiger partial charge is 0.299 e. The zero-order valence-corrected chi connectivity index (χ0v) is 11.1. The number of hydrogen-bond acceptors (Lipinski definition) is 2. The molecular formula is C16H18O2. The van der Waals surface area contributed by atoms with Gasteiger partial charge in [0.2, 0.25) is 0 Å². The van der Waals surface area contributed by atoms with E-state index >= 15 is 0 Å². The van der Waals surface area contributed by atoms with E-state index in [1.807, 2.05) is 44.2 Å². The highest BCUT2D eigenvalue weighted by molar-refractivity contribution is 6.05. The molecule has 1 unspecified atom stereocenters. The molecule has 0 aromatic heterocycles.